The number of aromatic nitrogens is 1. The van der Waals surface area contributed by atoms with Gasteiger partial charge in [0.1, 0.15) is 8.07 Å². The highest BCUT2D eigenvalue weighted by molar-refractivity contribution is 7.25. The van der Waals surface area contributed by atoms with Crippen LogP contribution in [-0.2, 0) is 0 Å². The summed E-state index contributed by atoms with van der Waals surface area (Å²) in [6, 6.07) is 121. The number of rotatable bonds is 8. The maximum Gasteiger partial charge on any atom is 0.113 e. The van der Waals surface area contributed by atoms with Gasteiger partial charge in [0.25, 0.3) is 0 Å². The van der Waals surface area contributed by atoms with Crippen LogP contribution in [0.4, 0.5) is 0 Å². The number of benzene rings is 16. The quantitative estimate of drug-likeness (QED) is 0.106. The second-order valence-electron chi connectivity index (χ2n) is 25.9. The van der Waals surface area contributed by atoms with Gasteiger partial charge in [-0.3, -0.25) is 0 Å². The van der Waals surface area contributed by atoms with Gasteiger partial charge in [0.2, 0.25) is 0 Å². The molecule has 1 nitrogen and oxygen atoms in total. The highest BCUT2D eigenvalue weighted by Crippen LogP contribution is 2.43. The van der Waals surface area contributed by atoms with E-state index in [9.17, 15) is 0 Å². The highest BCUT2D eigenvalue weighted by Gasteiger charge is 2.38. The molecule has 0 amide bonds. The van der Waals surface area contributed by atoms with Crippen molar-refractivity contribution in [2.75, 3.05) is 0 Å². The molecule has 0 bridgehead atoms. The van der Waals surface area contributed by atoms with Crippen LogP contribution in [0, 0.1) is 0 Å². The number of hydrogen-bond donors (Lipinski definition) is 0. The van der Waals surface area contributed by atoms with Gasteiger partial charge in [-0.25, -0.2) is 0 Å². The summed E-state index contributed by atoms with van der Waals surface area (Å²) in [5.74, 6) is 0. The van der Waals surface area contributed by atoms with Crippen LogP contribution in [0.5, 0.6) is 0 Å². The van der Waals surface area contributed by atoms with Crippen LogP contribution in [0.1, 0.15) is 0 Å². The molecular formula is C90H59NSSi. The fourth-order valence-electron chi connectivity index (χ4n) is 15.6. The molecule has 3 heteroatoms. The lowest BCUT2D eigenvalue weighted by Crippen LogP contribution is -2.49. The van der Waals surface area contributed by atoms with Gasteiger partial charge in [-0.05, 0) is 209 Å². The Morgan fingerprint density at radius 3 is 1.09 bits per heavy atom. The first-order valence-corrected chi connectivity index (χ1v) is 36.2. The van der Waals surface area contributed by atoms with Crippen molar-refractivity contribution in [3.8, 4) is 94.7 Å². The second-order valence-corrected chi connectivity index (χ2v) is 31.3. The average molecular weight is 1210 g/mol. The molecule has 3 heterocycles. The molecule has 18 aromatic rings. The van der Waals surface area contributed by atoms with Crippen LogP contribution in [0.2, 0.25) is 13.1 Å². The third kappa shape index (κ3) is 8.65. The summed E-state index contributed by atoms with van der Waals surface area (Å²) in [5.41, 5.74) is 23.5. The van der Waals surface area contributed by atoms with E-state index in [0.717, 1.165) is 0 Å². The normalized spacial score (nSPS) is 12.7. The molecule has 93 heavy (non-hydrogen) atoms. The van der Waals surface area contributed by atoms with E-state index in [1.165, 1.54) is 190 Å². The molecule has 0 fully saturated rings. The van der Waals surface area contributed by atoms with E-state index in [4.69, 9.17) is 0 Å². The van der Waals surface area contributed by atoms with Gasteiger partial charge < -0.3 is 4.57 Å². The lowest BCUT2D eigenvalue weighted by atomic mass is 9.92. The topological polar surface area (TPSA) is 4.93 Å². The van der Waals surface area contributed by atoms with Gasteiger partial charge in [0.15, 0.2) is 0 Å². The fraction of sp³-hybridized carbons (Fsp3) is 0.0222. The molecule has 0 unspecified atom stereocenters. The van der Waals surface area contributed by atoms with Crippen LogP contribution in [0.15, 0.2) is 322 Å². The lowest BCUT2D eigenvalue weighted by molar-refractivity contribution is 1.18. The predicted molar refractivity (Wildman–Crippen MR) is 404 cm³/mol. The standard InChI is InChI=1S/C90H59NSSi/c1-93(2)89-54-67(66-42-48-88-84(51-66)77-21-11-12-22-87(77)92-88)39-44-78(89)79-45-43-70(55-90(79)93)91-85-46-40-64(60-27-23-56(24-28-60)58-31-35-62(36-32-58)80-52-68-13-3-5-15-71(68)73-17-7-9-19-75(73)80)49-82(85)83-50-65(41-47-86(83)91)61-29-25-57(26-30-61)59-33-37-63(38-34-59)81-53-69-14-4-6-16-72(69)74-18-8-10-20-76(74)81/h3-55H,1-2H3. The summed E-state index contributed by atoms with van der Waals surface area (Å²) < 4.78 is 5.21. The van der Waals surface area contributed by atoms with E-state index in [-0.39, 0.29) is 0 Å². The van der Waals surface area contributed by atoms with Crippen molar-refractivity contribution < 1.29 is 0 Å². The Bertz CT molecular complexity index is 5840. The first-order chi connectivity index (χ1) is 45.8. The van der Waals surface area contributed by atoms with Crippen molar-refractivity contribution in [2.45, 2.75) is 13.1 Å². The first-order valence-electron chi connectivity index (χ1n) is 32.3. The SMILES string of the molecule is C[Si]1(C)c2cc(-c3ccc4sc5ccccc5c4c3)ccc2-c2ccc(-n3c4ccc(-c5ccc(-c6ccc(-c7cc8ccccc8c8ccccc78)cc6)cc5)cc4c4cc(-c5ccc(-c6ccc(-c7cc8ccccc8c8ccccc78)cc6)cc5)ccc43)cc21. The summed E-state index contributed by atoms with van der Waals surface area (Å²) >= 11 is 1.88. The number of hydrogen-bond acceptors (Lipinski definition) is 1. The van der Waals surface area contributed by atoms with Gasteiger partial charge in [0.05, 0.1) is 11.0 Å². The Morgan fingerprint density at radius 2 is 0.570 bits per heavy atom. The minimum absolute atomic E-state index is 1.19. The molecule has 16 aromatic carbocycles. The van der Waals surface area contributed by atoms with Crippen molar-refractivity contribution in [3.05, 3.63) is 322 Å². The monoisotopic (exact) mass is 1210 g/mol. The van der Waals surface area contributed by atoms with Crippen LogP contribution < -0.4 is 10.4 Å². The van der Waals surface area contributed by atoms with Gasteiger partial charge in [-0.1, -0.05) is 268 Å². The molecule has 0 aliphatic carbocycles. The zero-order chi connectivity index (χ0) is 61.5. The lowest BCUT2D eigenvalue weighted by Gasteiger charge is -2.20. The summed E-state index contributed by atoms with van der Waals surface area (Å²) in [7, 11) is -2.16. The third-order valence-electron chi connectivity index (χ3n) is 20.4. The molecular weight excluding hydrogens is 1160 g/mol. The molecule has 2 aromatic heterocycles. The van der Waals surface area contributed by atoms with Crippen molar-refractivity contribution in [3.63, 3.8) is 0 Å². The first kappa shape index (κ1) is 53.6. The van der Waals surface area contributed by atoms with E-state index in [0.29, 0.717) is 0 Å². The third-order valence-corrected chi connectivity index (χ3v) is 25.1. The van der Waals surface area contributed by atoms with Crippen molar-refractivity contribution in [1.82, 2.24) is 4.57 Å². The van der Waals surface area contributed by atoms with E-state index in [1.54, 1.807) is 0 Å². The smallest absolute Gasteiger partial charge is 0.113 e. The van der Waals surface area contributed by atoms with Crippen molar-refractivity contribution in [2.24, 2.45) is 0 Å². The van der Waals surface area contributed by atoms with Crippen molar-refractivity contribution in [1.29, 1.82) is 0 Å². The van der Waals surface area contributed by atoms with Gasteiger partial charge >= 0.3 is 0 Å². The maximum absolute atomic E-state index is 2.55. The number of fused-ring (bicyclic) bond motifs is 15. The molecule has 1 aliphatic heterocycles. The fourth-order valence-corrected chi connectivity index (χ4v) is 19.8. The Morgan fingerprint density at radius 1 is 0.226 bits per heavy atom. The van der Waals surface area contributed by atoms with E-state index in [2.05, 4.69) is 339 Å². The Hall–Kier alpha value is -11.2. The molecule has 0 atom stereocenters. The van der Waals surface area contributed by atoms with Crippen LogP contribution in [0.25, 0.3) is 180 Å². The van der Waals surface area contributed by atoms with Crippen LogP contribution in [0.3, 0.4) is 0 Å². The van der Waals surface area contributed by atoms with Gasteiger partial charge in [-0.2, -0.15) is 0 Å². The molecule has 0 saturated heterocycles. The molecule has 0 N–H and O–H groups in total. The molecule has 434 valence electrons. The van der Waals surface area contributed by atoms with E-state index < -0.39 is 8.07 Å². The molecule has 0 spiro atoms. The Balaban J connectivity index is 0.676. The minimum Gasteiger partial charge on any atom is -0.309 e. The maximum atomic E-state index is 2.55. The van der Waals surface area contributed by atoms with Gasteiger partial charge in [0, 0.05) is 36.6 Å². The molecule has 0 saturated carbocycles. The van der Waals surface area contributed by atoms with E-state index >= 15 is 0 Å². The number of nitrogens with zero attached hydrogens (tertiary/aromatic N) is 1. The summed E-state index contributed by atoms with van der Waals surface area (Å²) in [4.78, 5) is 0. The number of thiophene rings is 1. The predicted octanol–water partition coefficient (Wildman–Crippen LogP) is 24.2. The highest BCUT2D eigenvalue weighted by atomic mass is 32.1. The molecule has 1 aliphatic rings. The van der Waals surface area contributed by atoms with E-state index in [1.807, 2.05) is 11.3 Å². The summed E-state index contributed by atoms with van der Waals surface area (Å²) in [6.45, 7) is 5.10. The Kier molecular flexibility index (Phi) is 12.1. The average Bonchev–Trinajstić information content (AvgIpc) is 1.60. The van der Waals surface area contributed by atoms with Crippen LogP contribution >= 0.6 is 11.3 Å². The zero-order valence-electron chi connectivity index (χ0n) is 51.5. The van der Waals surface area contributed by atoms with Crippen LogP contribution in [-0.4, -0.2) is 12.6 Å². The zero-order valence-corrected chi connectivity index (χ0v) is 53.3. The largest absolute Gasteiger partial charge is 0.309 e. The van der Waals surface area contributed by atoms with Crippen molar-refractivity contribution >= 4 is 115 Å². The Labute approximate surface area is 545 Å². The van der Waals surface area contributed by atoms with Gasteiger partial charge in [-0.15, -0.1) is 11.3 Å². The summed E-state index contributed by atoms with van der Waals surface area (Å²) in [6.07, 6.45) is 0. The minimum atomic E-state index is -2.16. The molecule has 19 rings (SSSR count). The second kappa shape index (κ2) is 20.9. The summed E-state index contributed by atoms with van der Waals surface area (Å²) in [5, 5.41) is 18.4. The molecule has 0 radical (unpaired) electrons.